The average molecular weight is 1160 g/mol. The number of guanidine groups is 2. The molecule has 4 aromatic rings. The molecule has 0 aliphatic carbocycles. The van der Waals surface area contributed by atoms with Gasteiger partial charge in [0.05, 0.1) is 6.04 Å². The van der Waals surface area contributed by atoms with E-state index in [-0.39, 0.29) is 101 Å². The molecule has 0 radical (unpaired) electrons. The van der Waals surface area contributed by atoms with Crippen molar-refractivity contribution in [3.63, 3.8) is 0 Å². The molecule has 9 atom stereocenters. The SMILES string of the molecule is CC[C@H](C)[C@H](NC(=O)[C@@H](N)Cc1c[nH]c2ccccc12)C(=O)N[C@@H](Cc1c[nH]c2ccccc12)C(=O)N[C@@H](CC(C)C)C(=O)N[C@@H](CC(C)C)C(=O)N[C@@H](CCCNC(=N)N)C(=O)N[C@@H](CCCNC(=N)N)C(=O)N[C@@H](CC(C)C)C(=O)O. The molecule has 2 aromatic carbocycles. The van der Waals surface area contributed by atoms with Gasteiger partial charge in [0.25, 0.3) is 0 Å². The molecule has 0 bridgehead atoms. The third-order valence-electron chi connectivity index (χ3n) is 14.2. The lowest BCUT2D eigenvalue weighted by molar-refractivity contribution is -0.143. The summed E-state index contributed by atoms with van der Waals surface area (Å²) in [5.41, 5.74) is 20.6. The number of benzene rings is 2. The summed E-state index contributed by atoms with van der Waals surface area (Å²) in [7, 11) is 0. The standard InChI is InChI=1S/C58H90N16O9/c1-9-34(8)48(74-49(75)39(59)27-35-29-66-40-18-12-10-16-37(35)40)55(81)72-46(28-36-30-67-41-19-13-11-17-38(36)41)54(80)71-45(25-32(4)5)53(79)70-44(24-31(2)3)52(78)69-42(20-14-22-64-57(60)61)50(76)68-43(21-15-23-65-58(62)63)51(77)73-47(56(82)83)26-33(6)7/h10-13,16-19,29-34,39,42-48,66-67H,9,14-15,20-28,59H2,1-8H3,(H,68,76)(H,69,78)(H,70,79)(H,71,80)(H,72,81)(H,73,77)(H,74,75)(H,82,83)(H4,60,61,64)(H4,62,63,65)/t34-,39-,42-,43-,44-,45-,46-,47-,48-/m0/s1. The van der Waals surface area contributed by atoms with Gasteiger partial charge in [0.2, 0.25) is 41.4 Å². The quantitative estimate of drug-likeness (QED) is 0.0178. The molecule has 7 amide bonds. The Bertz CT molecular complexity index is 2850. The number of hydrogen-bond acceptors (Lipinski definition) is 11. The molecular formula is C58H90N16O9. The van der Waals surface area contributed by atoms with Crippen LogP contribution in [0.4, 0.5) is 0 Å². The van der Waals surface area contributed by atoms with E-state index in [1.165, 1.54) is 0 Å². The number of aliphatic carboxylic acids is 1. The number of carbonyl (C=O) groups excluding carboxylic acids is 7. The Kier molecular flexibility index (Phi) is 26.8. The first-order valence-electron chi connectivity index (χ1n) is 28.6. The number of carboxylic acid groups (broad SMARTS) is 1. The summed E-state index contributed by atoms with van der Waals surface area (Å²) < 4.78 is 0. The van der Waals surface area contributed by atoms with E-state index in [0.717, 1.165) is 27.4 Å². The number of amides is 7. The van der Waals surface area contributed by atoms with Crippen molar-refractivity contribution in [1.29, 1.82) is 10.8 Å². The Labute approximate surface area is 485 Å². The van der Waals surface area contributed by atoms with Gasteiger partial charge in [0.1, 0.15) is 42.3 Å². The van der Waals surface area contributed by atoms with Crippen molar-refractivity contribution in [3.8, 4) is 0 Å². The van der Waals surface area contributed by atoms with Gasteiger partial charge in [-0.15, -0.1) is 0 Å². The highest BCUT2D eigenvalue weighted by Crippen LogP contribution is 2.22. The van der Waals surface area contributed by atoms with Gasteiger partial charge in [-0.25, -0.2) is 4.79 Å². The monoisotopic (exact) mass is 1150 g/mol. The van der Waals surface area contributed by atoms with Crippen molar-refractivity contribution in [1.82, 2.24) is 57.8 Å². The van der Waals surface area contributed by atoms with Crippen molar-refractivity contribution >= 4 is 81.0 Å². The molecule has 0 saturated heterocycles. The van der Waals surface area contributed by atoms with Gasteiger partial charge in [-0.3, -0.25) is 44.4 Å². The fraction of sp³-hybridized carbons (Fsp3) is 0.552. The van der Waals surface area contributed by atoms with E-state index in [1.54, 1.807) is 33.2 Å². The van der Waals surface area contributed by atoms with Gasteiger partial charge >= 0.3 is 5.97 Å². The number of para-hydroxylation sites is 2. The summed E-state index contributed by atoms with van der Waals surface area (Å²) in [5, 5.41) is 51.4. The molecule has 0 aliphatic heterocycles. The topological polar surface area (TPSA) is 422 Å². The predicted molar refractivity (Wildman–Crippen MR) is 319 cm³/mol. The number of carboxylic acids is 1. The second-order valence-electron chi connectivity index (χ2n) is 22.7. The molecule has 0 unspecified atom stereocenters. The second kappa shape index (κ2) is 33.0. The Morgan fingerprint density at radius 3 is 1.30 bits per heavy atom. The van der Waals surface area contributed by atoms with Crippen molar-refractivity contribution in [2.75, 3.05) is 13.1 Å². The van der Waals surface area contributed by atoms with E-state index in [4.69, 9.17) is 28.0 Å². The van der Waals surface area contributed by atoms with Gasteiger partial charge < -0.3 is 80.1 Å². The summed E-state index contributed by atoms with van der Waals surface area (Å²) in [6.45, 7) is 14.9. The van der Waals surface area contributed by atoms with E-state index in [1.807, 2.05) is 83.1 Å². The molecule has 0 spiro atoms. The maximum atomic E-state index is 14.8. The van der Waals surface area contributed by atoms with E-state index in [0.29, 0.717) is 12.0 Å². The third kappa shape index (κ3) is 21.9. The normalized spacial score (nSPS) is 14.7. The second-order valence-corrected chi connectivity index (χ2v) is 22.7. The van der Waals surface area contributed by atoms with Crippen LogP contribution in [0.5, 0.6) is 0 Å². The van der Waals surface area contributed by atoms with Gasteiger partial charge in [0.15, 0.2) is 11.9 Å². The maximum absolute atomic E-state index is 14.8. The zero-order valence-corrected chi connectivity index (χ0v) is 49.1. The molecule has 2 aromatic heterocycles. The lowest BCUT2D eigenvalue weighted by Gasteiger charge is -2.30. The summed E-state index contributed by atoms with van der Waals surface area (Å²) in [6, 6.07) is 5.22. The van der Waals surface area contributed by atoms with Crippen LogP contribution >= 0.6 is 0 Å². The first kappa shape index (κ1) is 67.3. The Morgan fingerprint density at radius 2 is 0.880 bits per heavy atom. The molecule has 20 N–H and O–H groups in total. The molecule has 4 rings (SSSR count). The molecule has 0 aliphatic rings. The average Bonchev–Trinajstić information content (AvgIpc) is 4.29. The van der Waals surface area contributed by atoms with Crippen molar-refractivity contribution < 1.29 is 43.5 Å². The summed E-state index contributed by atoms with van der Waals surface area (Å²) in [5.74, 6) is -7.80. The summed E-state index contributed by atoms with van der Waals surface area (Å²) >= 11 is 0. The number of rotatable bonds is 35. The number of fused-ring (bicyclic) bond motifs is 2. The highest BCUT2D eigenvalue weighted by atomic mass is 16.4. The highest BCUT2D eigenvalue weighted by Gasteiger charge is 2.36. The highest BCUT2D eigenvalue weighted by molar-refractivity contribution is 5.98. The van der Waals surface area contributed by atoms with Gasteiger partial charge in [0, 0.05) is 53.7 Å². The van der Waals surface area contributed by atoms with E-state index in [2.05, 4.69) is 57.8 Å². The maximum Gasteiger partial charge on any atom is 0.326 e. The van der Waals surface area contributed by atoms with Gasteiger partial charge in [-0.05, 0) is 98.3 Å². The van der Waals surface area contributed by atoms with Crippen LogP contribution in [0.3, 0.4) is 0 Å². The predicted octanol–water partition coefficient (Wildman–Crippen LogP) is 1.95. The molecule has 456 valence electrons. The molecule has 0 fully saturated rings. The molecule has 25 heteroatoms. The molecule has 0 saturated carbocycles. The fourth-order valence-corrected chi connectivity index (χ4v) is 9.64. The Balaban J connectivity index is 1.62. The van der Waals surface area contributed by atoms with E-state index >= 15 is 0 Å². The molecule has 83 heavy (non-hydrogen) atoms. The number of aromatic amines is 2. The number of H-pyrrole nitrogens is 2. The third-order valence-corrected chi connectivity index (χ3v) is 14.2. The minimum Gasteiger partial charge on any atom is -0.480 e. The molecular weight excluding hydrogens is 1060 g/mol. The van der Waals surface area contributed by atoms with Crippen molar-refractivity contribution in [2.24, 2.45) is 40.9 Å². The molecule has 2 heterocycles. The van der Waals surface area contributed by atoms with Crippen LogP contribution < -0.4 is 65.1 Å². The number of aromatic nitrogens is 2. The number of carbonyl (C=O) groups is 8. The van der Waals surface area contributed by atoms with Crippen LogP contribution in [-0.4, -0.2) is 136 Å². The molecule has 25 nitrogen and oxygen atoms in total. The first-order chi connectivity index (χ1) is 39.3. The zero-order valence-electron chi connectivity index (χ0n) is 49.1. The van der Waals surface area contributed by atoms with E-state index in [9.17, 15) is 43.5 Å². The first-order valence-corrected chi connectivity index (χ1v) is 28.6. The van der Waals surface area contributed by atoms with Gasteiger partial charge in [-0.1, -0.05) is 98.2 Å². The van der Waals surface area contributed by atoms with Crippen molar-refractivity contribution in [3.05, 3.63) is 72.1 Å². The van der Waals surface area contributed by atoms with E-state index < -0.39 is 102 Å². The summed E-state index contributed by atoms with van der Waals surface area (Å²) in [4.78, 5) is 119. The van der Waals surface area contributed by atoms with Crippen molar-refractivity contribution in [2.45, 2.75) is 168 Å². The lowest BCUT2D eigenvalue weighted by atomic mass is 9.96. The minimum atomic E-state index is -1.33. The minimum absolute atomic E-state index is 0.0173. The number of nitrogens with two attached hydrogens (primary N) is 3. The van der Waals surface area contributed by atoms with Crippen LogP contribution in [0, 0.1) is 34.5 Å². The summed E-state index contributed by atoms with van der Waals surface area (Å²) in [6.07, 6.45) is 4.80. The fourth-order valence-electron chi connectivity index (χ4n) is 9.64. The van der Waals surface area contributed by atoms with Crippen LogP contribution in [-0.2, 0) is 51.2 Å². The Morgan fingerprint density at radius 1 is 0.506 bits per heavy atom. The lowest BCUT2D eigenvalue weighted by Crippen LogP contribution is -2.61. The van der Waals surface area contributed by atoms with Gasteiger partial charge in [-0.2, -0.15) is 0 Å². The number of hydrogen-bond donors (Lipinski definition) is 17. The van der Waals surface area contributed by atoms with Crippen LogP contribution in [0.15, 0.2) is 60.9 Å². The number of nitrogens with one attached hydrogen (secondary N) is 13. The largest absolute Gasteiger partial charge is 0.480 e. The zero-order chi connectivity index (χ0) is 61.5. The van der Waals surface area contributed by atoms with Crippen LogP contribution in [0.25, 0.3) is 21.8 Å². The van der Waals surface area contributed by atoms with Crippen LogP contribution in [0.2, 0.25) is 0 Å². The Hall–Kier alpha value is -8.22. The smallest absolute Gasteiger partial charge is 0.326 e. The van der Waals surface area contributed by atoms with Crippen LogP contribution in [0.1, 0.15) is 118 Å².